The maximum atomic E-state index is 13.8. The van der Waals surface area contributed by atoms with Gasteiger partial charge in [0.05, 0.1) is 37.5 Å². The smallest absolute Gasteiger partial charge is 0.308 e. The molecule has 10 heteroatoms. The molecule has 3 aromatic rings. The molecule has 1 N–H and O–H groups in total. The van der Waals surface area contributed by atoms with Crippen LogP contribution >= 0.6 is 0 Å². The molecule has 2 aliphatic heterocycles. The minimum absolute atomic E-state index is 0.0311. The number of anilines is 1. The number of carboxylic acid groups (broad SMARTS) is 1. The Labute approximate surface area is 239 Å². The molecule has 2 aromatic carbocycles. The topological polar surface area (TPSA) is 111 Å². The van der Waals surface area contributed by atoms with Crippen LogP contribution in [0.1, 0.15) is 31.2 Å². The number of hydrogen-bond donors (Lipinski definition) is 1. The molecule has 3 heterocycles. The second kappa shape index (κ2) is 12.9. The molecule has 0 radical (unpaired) electrons. The zero-order chi connectivity index (χ0) is 28.8. The van der Waals surface area contributed by atoms with Gasteiger partial charge < -0.3 is 29.0 Å². The van der Waals surface area contributed by atoms with Crippen molar-refractivity contribution in [2.75, 3.05) is 45.0 Å². The fraction of sp³-hybridized carbons (Fsp3) is 0.387. The van der Waals surface area contributed by atoms with Crippen molar-refractivity contribution in [3.05, 3.63) is 72.6 Å². The summed E-state index contributed by atoms with van der Waals surface area (Å²) in [6.07, 6.45) is 5.11. The van der Waals surface area contributed by atoms with Gasteiger partial charge in [-0.25, -0.2) is 0 Å². The van der Waals surface area contributed by atoms with Crippen LogP contribution in [0.5, 0.6) is 23.0 Å². The quantitative estimate of drug-likeness (QED) is 0.348. The van der Waals surface area contributed by atoms with Crippen molar-refractivity contribution in [3.63, 3.8) is 0 Å². The molecule has 0 bridgehead atoms. The summed E-state index contributed by atoms with van der Waals surface area (Å²) in [5, 5.41) is 10.5. The number of amides is 1. The highest BCUT2D eigenvalue weighted by Gasteiger charge is 2.48. The van der Waals surface area contributed by atoms with Crippen molar-refractivity contribution in [1.82, 2.24) is 9.88 Å². The number of para-hydroxylation sites is 2. The van der Waals surface area contributed by atoms with E-state index in [0.717, 1.165) is 18.4 Å². The van der Waals surface area contributed by atoms with Crippen LogP contribution in [0.3, 0.4) is 0 Å². The molecule has 3 atom stereocenters. The molecular weight excluding hydrogens is 526 g/mol. The number of ether oxygens (including phenoxy) is 4. The van der Waals surface area contributed by atoms with E-state index in [1.807, 2.05) is 35.2 Å². The van der Waals surface area contributed by atoms with Gasteiger partial charge in [0.15, 0.2) is 23.0 Å². The normalized spacial score (nSPS) is 19.6. The number of nitrogens with zero attached hydrogens (tertiary/aromatic N) is 3. The van der Waals surface area contributed by atoms with E-state index in [9.17, 15) is 14.7 Å². The zero-order valence-electron chi connectivity index (χ0n) is 23.3. The summed E-state index contributed by atoms with van der Waals surface area (Å²) in [6, 6.07) is 15.8. The Morgan fingerprint density at radius 1 is 1.10 bits per heavy atom. The largest absolute Gasteiger partial charge is 0.493 e. The molecule has 0 saturated carbocycles. The van der Waals surface area contributed by atoms with E-state index >= 15 is 0 Å². The lowest BCUT2D eigenvalue weighted by Crippen LogP contribution is -2.46. The standard InChI is InChI=1S/C31H35N3O7/c1-3-4-14-34(22-8-7-13-32-16-22)29(35)18-33-17-23(21-11-12-27-28(15-21)41-20-40-27)30(31(36)37)24(33)19-39-26-10-6-5-9-25(26)38-2/h5-13,15-16,23-24,30H,3-4,14,17-20H2,1-2H3,(H,36,37)/t23-,24+,30-/m1/s1. The Balaban J connectivity index is 1.45. The van der Waals surface area contributed by atoms with Crippen LogP contribution in [-0.4, -0.2) is 73.1 Å². The third kappa shape index (κ3) is 6.22. The zero-order valence-corrected chi connectivity index (χ0v) is 23.3. The first kappa shape index (κ1) is 28.2. The number of carbonyl (C=O) groups excluding carboxylic acids is 1. The molecule has 5 rings (SSSR count). The van der Waals surface area contributed by atoms with E-state index in [1.165, 1.54) is 0 Å². The van der Waals surface area contributed by atoms with Gasteiger partial charge in [-0.1, -0.05) is 31.5 Å². The van der Waals surface area contributed by atoms with Gasteiger partial charge in [-0.2, -0.15) is 0 Å². The van der Waals surface area contributed by atoms with Gasteiger partial charge in [0, 0.05) is 25.2 Å². The Hall–Kier alpha value is -4.31. The molecule has 0 aliphatic carbocycles. The molecular formula is C31H35N3O7. The minimum Gasteiger partial charge on any atom is -0.493 e. The number of pyridine rings is 1. The number of rotatable bonds is 12. The maximum absolute atomic E-state index is 13.8. The van der Waals surface area contributed by atoms with E-state index < -0.39 is 23.8 Å². The molecule has 2 aliphatic rings. The van der Waals surface area contributed by atoms with Crippen molar-refractivity contribution in [3.8, 4) is 23.0 Å². The fourth-order valence-electron chi connectivity index (χ4n) is 5.58. The maximum Gasteiger partial charge on any atom is 0.308 e. The van der Waals surface area contributed by atoms with Crippen LogP contribution in [0.4, 0.5) is 5.69 Å². The van der Waals surface area contributed by atoms with Gasteiger partial charge in [0.2, 0.25) is 12.7 Å². The van der Waals surface area contributed by atoms with Crippen LogP contribution < -0.4 is 23.8 Å². The highest BCUT2D eigenvalue weighted by atomic mass is 16.7. The predicted molar refractivity (Wildman–Crippen MR) is 152 cm³/mol. The number of benzene rings is 2. The number of aliphatic carboxylic acids is 1. The third-order valence-electron chi connectivity index (χ3n) is 7.67. The van der Waals surface area contributed by atoms with Gasteiger partial charge in [-0.3, -0.25) is 19.5 Å². The third-order valence-corrected chi connectivity index (χ3v) is 7.67. The monoisotopic (exact) mass is 561 g/mol. The summed E-state index contributed by atoms with van der Waals surface area (Å²) in [5.41, 5.74) is 1.53. The van der Waals surface area contributed by atoms with E-state index in [-0.39, 0.29) is 25.9 Å². The summed E-state index contributed by atoms with van der Waals surface area (Å²) in [4.78, 5) is 34.5. The molecule has 10 nitrogen and oxygen atoms in total. The van der Waals surface area contributed by atoms with Crippen molar-refractivity contribution >= 4 is 17.6 Å². The van der Waals surface area contributed by atoms with E-state index in [2.05, 4.69) is 11.9 Å². The molecule has 1 aromatic heterocycles. The lowest BCUT2D eigenvalue weighted by atomic mass is 9.85. The Kier molecular flexibility index (Phi) is 8.88. The van der Waals surface area contributed by atoms with Gasteiger partial charge in [0.25, 0.3) is 0 Å². The van der Waals surface area contributed by atoms with Crippen molar-refractivity contribution in [2.24, 2.45) is 5.92 Å². The summed E-state index contributed by atoms with van der Waals surface area (Å²) in [5.74, 6) is -0.0268. The second-order valence-electron chi connectivity index (χ2n) is 10.2. The number of fused-ring (bicyclic) bond motifs is 1. The van der Waals surface area contributed by atoms with Gasteiger partial charge >= 0.3 is 5.97 Å². The SMILES string of the molecule is CCCCN(C(=O)CN1C[C@H](c2ccc3c(c2)OCO3)[C@@H](C(=O)O)[C@@H]1COc1ccccc1OC)c1cccnc1. The van der Waals surface area contributed by atoms with Crippen LogP contribution in [0, 0.1) is 5.92 Å². The van der Waals surface area contributed by atoms with E-state index in [0.29, 0.717) is 41.8 Å². The number of carboxylic acids is 1. The molecule has 1 fully saturated rings. The lowest BCUT2D eigenvalue weighted by molar-refractivity contribution is -0.143. The second-order valence-corrected chi connectivity index (χ2v) is 10.2. The number of unbranched alkanes of at least 4 members (excludes halogenated alkanes) is 1. The Bertz CT molecular complexity index is 1350. The summed E-state index contributed by atoms with van der Waals surface area (Å²) in [6.45, 7) is 3.20. The van der Waals surface area contributed by atoms with Crippen LogP contribution in [0.25, 0.3) is 0 Å². The van der Waals surface area contributed by atoms with Crippen LogP contribution in [0.15, 0.2) is 67.0 Å². The molecule has 1 saturated heterocycles. The van der Waals surface area contributed by atoms with Crippen molar-refractivity contribution in [2.45, 2.75) is 31.7 Å². The number of carbonyl (C=O) groups is 2. The van der Waals surface area contributed by atoms with E-state index in [4.69, 9.17) is 18.9 Å². The van der Waals surface area contributed by atoms with Crippen LogP contribution in [0.2, 0.25) is 0 Å². The molecule has 216 valence electrons. The number of aromatic nitrogens is 1. The fourth-order valence-corrected chi connectivity index (χ4v) is 5.58. The summed E-state index contributed by atoms with van der Waals surface area (Å²) in [7, 11) is 1.56. The first-order valence-corrected chi connectivity index (χ1v) is 13.8. The number of methoxy groups -OCH3 is 1. The molecule has 0 unspecified atom stereocenters. The highest BCUT2D eigenvalue weighted by molar-refractivity contribution is 5.94. The average Bonchev–Trinajstić information content (AvgIpc) is 3.61. The van der Waals surface area contributed by atoms with Gasteiger partial charge in [-0.05, 0) is 48.4 Å². The molecule has 0 spiro atoms. The molecule has 41 heavy (non-hydrogen) atoms. The summed E-state index contributed by atoms with van der Waals surface area (Å²) >= 11 is 0. The summed E-state index contributed by atoms with van der Waals surface area (Å²) < 4.78 is 22.6. The van der Waals surface area contributed by atoms with E-state index in [1.54, 1.807) is 48.7 Å². The van der Waals surface area contributed by atoms with Gasteiger partial charge in [-0.15, -0.1) is 0 Å². The average molecular weight is 562 g/mol. The minimum atomic E-state index is -0.952. The van der Waals surface area contributed by atoms with Crippen molar-refractivity contribution in [1.29, 1.82) is 0 Å². The lowest BCUT2D eigenvalue weighted by Gasteiger charge is -2.29. The Morgan fingerprint density at radius 3 is 2.63 bits per heavy atom. The van der Waals surface area contributed by atoms with Crippen molar-refractivity contribution < 1.29 is 33.6 Å². The number of hydrogen-bond acceptors (Lipinski definition) is 8. The predicted octanol–water partition coefficient (Wildman–Crippen LogP) is 4.20. The number of likely N-dealkylation sites (tertiary alicyclic amines) is 1. The first-order valence-electron chi connectivity index (χ1n) is 13.8. The van der Waals surface area contributed by atoms with Crippen LogP contribution in [-0.2, 0) is 9.59 Å². The highest BCUT2D eigenvalue weighted by Crippen LogP contribution is 2.42. The first-order chi connectivity index (χ1) is 20.0. The molecule has 1 amide bonds. The van der Waals surface area contributed by atoms with Gasteiger partial charge in [0.1, 0.15) is 6.61 Å². The Morgan fingerprint density at radius 2 is 1.90 bits per heavy atom.